The molecule has 15 heavy (non-hydrogen) atoms. The number of ketones is 1. The number of carbonyl (C=O) groups is 2. The van der Waals surface area contributed by atoms with Crippen LogP contribution in [0.25, 0.3) is 11.1 Å². The van der Waals surface area contributed by atoms with Gasteiger partial charge in [-0.2, -0.15) is 0 Å². The highest BCUT2D eigenvalue weighted by atomic mass is 16.4. The molecule has 0 fully saturated rings. The molecule has 0 unspecified atom stereocenters. The maximum absolute atomic E-state index is 11.0. The van der Waals surface area contributed by atoms with E-state index in [-0.39, 0.29) is 17.2 Å². The first kappa shape index (κ1) is 9.51. The van der Waals surface area contributed by atoms with E-state index in [2.05, 4.69) is 0 Å². The van der Waals surface area contributed by atoms with Crippen molar-refractivity contribution in [1.29, 1.82) is 0 Å². The number of Topliss-reactive ketones (excluding diaryl/α,β-unsaturated/α-hetero) is 1. The molecule has 78 valence electrons. The van der Waals surface area contributed by atoms with Gasteiger partial charge in [0, 0.05) is 19.4 Å². The third-order valence-electron chi connectivity index (χ3n) is 2.26. The van der Waals surface area contributed by atoms with Gasteiger partial charge in [0.2, 0.25) is 5.71 Å². The van der Waals surface area contributed by atoms with Crippen molar-refractivity contribution in [3.63, 3.8) is 0 Å². The van der Waals surface area contributed by atoms with Crippen LogP contribution >= 0.6 is 0 Å². The molecular weight excluding hydrogens is 198 g/mol. The van der Waals surface area contributed by atoms with Crippen LogP contribution in [0.15, 0.2) is 16.5 Å². The molecule has 0 saturated carbocycles. The van der Waals surface area contributed by atoms with Crippen molar-refractivity contribution in [2.45, 2.75) is 6.92 Å². The third-order valence-corrected chi connectivity index (χ3v) is 2.26. The molecule has 0 aliphatic rings. The molecule has 0 aliphatic carbocycles. The number of hydrogen-bond donors (Lipinski definition) is 1. The molecule has 0 aromatic carbocycles. The zero-order chi connectivity index (χ0) is 11.2. The zero-order valence-corrected chi connectivity index (χ0v) is 8.27. The van der Waals surface area contributed by atoms with Crippen LogP contribution in [0.4, 0.5) is 0 Å². The molecule has 1 N–H and O–H groups in total. The lowest BCUT2D eigenvalue weighted by molar-refractivity contribution is 0.0686. The minimum atomic E-state index is -1.02. The quantitative estimate of drug-likeness (QED) is 0.760. The van der Waals surface area contributed by atoms with E-state index in [1.54, 1.807) is 13.1 Å². The summed E-state index contributed by atoms with van der Waals surface area (Å²) in [6.07, 6.45) is 0. The van der Waals surface area contributed by atoms with Gasteiger partial charge in [0.25, 0.3) is 0 Å². The summed E-state index contributed by atoms with van der Waals surface area (Å²) in [5.41, 5.74) is 0.538. The van der Waals surface area contributed by atoms with E-state index in [0.29, 0.717) is 11.1 Å². The molecule has 0 aliphatic heterocycles. The monoisotopic (exact) mass is 207 g/mol. The van der Waals surface area contributed by atoms with E-state index in [0.717, 1.165) is 0 Å². The van der Waals surface area contributed by atoms with E-state index >= 15 is 0 Å². The zero-order valence-electron chi connectivity index (χ0n) is 8.27. The highest BCUT2D eigenvalue weighted by Gasteiger charge is 2.17. The lowest BCUT2D eigenvalue weighted by Gasteiger charge is -1.96. The van der Waals surface area contributed by atoms with Crippen LogP contribution in [-0.4, -0.2) is 21.4 Å². The molecule has 0 saturated heterocycles. The SMILES string of the molecule is CC(=O)c1cc2cc(C(=O)O)n(C)c2o1. The average molecular weight is 207 g/mol. The van der Waals surface area contributed by atoms with Crippen molar-refractivity contribution < 1.29 is 19.1 Å². The maximum atomic E-state index is 11.0. The van der Waals surface area contributed by atoms with Crippen LogP contribution in [0, 0.1) is 0 Å². The van der Waals surface area contributed by atoms with E-state index in [1.807, 2.05) is 0 Å². The van der Waals surface area contributed by atoms with Gasteiger partial charge in [-0.15, -0.1) is 0 Å². The third kappa shape index (κ3) is 1.32. The van der Waals surface area contributed by atoms with E-state index in [4.69, 9.17) is 9.52 Å². The van der Waals surface area contributed by atoms with Crippen LogP contribution in [0.1, 0.15) is 28.0 Å². The topological polar surface area (TPSA) is 72.4 Å². The van der Waals surface area contributed by atoms with Gasteiger partial charge in [0.15, 0.2) is 11.5 Å². The van der Waals surface area contributed by atoms with E-state index in [9.17, 15) is 9.59 Å². The maximum Gasteiger partial charge on any atom is 0.352 e. The van der Waals surface area contributed by atoms with Crippen LogP contribution in [0.2, 0.25) is 0 Å². The Labute approximate surface area is 84.9 Å². The summed E-state index contributed by atoms with van der Waals surface area (Å²) in [6, 6.07) is 3.03. The van der Waals surface area contributed by atoms with Gasteiger partial charge in [-0.3, -0.25) is 4.79 Å². The number of aromatic carboxylic acids is 1. The van der Waals surface area contributed by atoms with Crippen molar-refractivity contribution >= 4 is 22.9 Å². The summed E-state index contributed by atoms with van der Waals surface area (Å²) >= 11 is 0. The van der Waals surface area contributed by atoms with Gasteiger partial charge in [-0.1, -0.05) is 0 Å². The molecule has 2 rings (SSSR count). The lowest BCUT2D eigenvalue weighted by Crippen LogP contribution is -2.03. The molecule has 0 bridgehead atoms. The van der Waals surface area contributed by atoms with Crippen LogP contribution in [0.5, 0.6) is 0 Å². The fourth-order valence-electron chi connectivity index (χ4n) is 1.49. The Bertz CT molecular complexity index is 561. The van der Waals surface area contributed by atoms with Gasteiger partial charge in [-0.05, 0) is 12.1 Å². The summed E-state index contributed by atoms with van der Waals surface area (Å²) in [4.78, 5) is 21.8. The molecule has 2 heterocycles. The van der Waals surface area contributed by atoms with Crippen molar-refractivity contribution in [1.82, 2.24) is 4.57 Å². The second kappa shape index (κ2) is 2.98. The number of aryl methyl sites for hydroxylation is 1. The first-order valence-electron chi connectivity index (χ1n) is 4.34. The normalized spacial score (nSPS) is 10.8. The van der Waals surface area contributed by atoms with Gasteiger partial charge < -0.3 is 14.1 Å². The number of carboxylic acids is 1. The summed E-state index contributed by atoms with van der Waals surface area (Å²) in [6.45, 7) is 1.40. The summed E-state index contributed by atoms with van der Waals surface area (Å²) < 4.78 is 6.65. The minimum absolute atomic E-state index is 0.138. The summed E-state index contributed by atoms with van der Waals surface area (Å²) in [7, 11) is 1.58. The van der Waals surface area contributed by atoms with Gasteiger partial charge >= 0.3 is 5.97 Å². The highest BCUT2D eigenvalue weighted by Crippen LogP contribution is 2.23. The Balaban J connectivity index is 2.67. The molecule has 0 radical (unpaired) electrons. The molecule has 2 aromatic heterocycles. The molecule has 2 aromatic rings. The van der Waals surface area contributed by atoms with Crippen molar-refractivity contribution in [2.75, 3.05) is 0 Å². The lowest BCUT2D eigenvalue weighted by atomic mass is 10.3. The Morgan fingerprint density at radius 2 is 2.07 bits per heavy atom. The van der Waals surface area contributed by atoms with Crippen LogP contribution in [0.3, 0.4) is 0 Å². The highest BCUT2D eigenvalue weighted by molar-refractivity contribution is 5.98. The Morgan fingerprint density at radius 3 is 2.53 bits per heavy atom. The Morgan fingerprint density at radius 1 is 1.40 bits per heavy atom. The first-order chi connectivity index (χ1) is 7.00. The van der Waals surface area contributed by atoms with E-state index in [1.165, 1.54) is 17.6 Å². The fraction of sp³-hybridized carbons (Fsp3) is 0.200. The molecule has 0 amide bonds. The average Bonchev–Trinajstić information content (AvgIpc) is 2.65. The smallest absolute Gasteiger partial charge is 0.352 e. The number of aromatic nitrogens is 1. The second-order valence-electron chi connectivity index (χ2n) is 3.32. The largest absolute Gasteiger partial charge is 0.477 e. The number of hydrogen-bond acceptors (Lipinski definition) is 3. The number of nitrogens with zero attached hydrogens (tertiary/aromatic N) is 1. The predicted molar refractivity (Wildman–Crippen MR) is 52.1 cm³/mol. The Hall–Kier alpha value is -2.04. The second-order valence-corrected chi connectivity index (χ2v) is 3.32. The Kier molecular flexibility index (Phi) is 1.89. The van der Waals surface area contributed by atoms with E-state index < -0.39 is 5.97 Å². The number of fused-ring (bicyclic) bond motifs is 1. The van der Waals surface area contributed by atoms with Crippen LogP contribution in [-0.2, 0) is 7.05 Å². The summed E-state index contributed by atoms with van der Waals surface area (Å²) in [5.74, 6) is -0.955. The number of furan rings is 1. The molecule has 0 atom stereocenters. The summed E-state index contributed by atoms with van der Waals surface area (Å²) in [5, 5.41) is 9.46. The molecular formula is C10H9NO4. The number of carbonyl (C=O) groups excluding carboxylic acids is 1. The van der Waals surface area contributed by atoms with Crippen molar-refractivity contribution in [2.24, 2.45) is 7.05 Å². The van der Waals surface area contributed by atoms with Gasteiger partial charge in [-0.25, -0.2) is 4.79 Å². The number of rotatable bonds is 2. The minimum Gasteiger partial charge on any atom is -0.477 e. The fourth-order valence-corrected chi connectivity index (χ4v) is 1.49. The first-order valence-corrected chi connectivity index (χ1v) is 4.34. The molecule has 5 nitrogen and oxygen atoms in total. The standard InChI is InChI=1S/C10H9NO4/c1-5(12)8-4-6-3-7(10(13)14)11(2)9(6)15-8/h3-4H,1-2H3,(H,13,14). The van der Waals surface area contributed by atoms with Crippen LogP contribution < -0.4 is 0 Å². The van der Waals surface area contributed by atoms with Crippen molar-refractivity contribution in [3.05, 3.63) is 23.6 Å². The predicted octanol–water partition coefficient (Wildman–Crippen LogP) is 1.67. The number of carboxylic acid groups (broad SMARTS) is 1. The van der Waals surface area contributed by atoms with Crippen molar-refractivity contribution in [3.8, 4) is 0 Å². The van der Waals surface area contributed by atoms with Gasteiger partial charge in [0.1, 0.15) is 5.69 Å². The molecule has 0 spiro atoms. The van der Waals surface area contributed by atoms with Gasteiger partial charge in [0.05, 0.1) is 0 Å². The molecule has 5 heteroatoms.